The Morgan fingerprint density at radius 2 is 2.00 bits per heavy atom. The molecular formula is C19H13ClN2O3S. The Morgan fingerprint density at radius 3 is 2.88 bits per heavy atom. The Bertz CT molecular complexity index is 1090. The molecule has 0 atom stereocenters. The number of fused-ring (bicyclic) bond motifs is 2. The van der Waals surface area contributed by atoms with E-state index in [2.05, 4.69) is 9.97 Å². The number of aromatic nitrogens is 2. The first-order valence-corrected chi connectivity index (χ1v) is 9.08. The van der Waals surface area contributed by atoms with Crippen LogP contribution in [0.4, 0.5) is 0 Å². The summed E-state index contributed by atoms with van der Waals surface area (Å²) < 4.78 is 11.9. The molecule has 0 aliphatic rings. The molecule has 7 heteroatoms. The number of ether oxygens (including phenoxy) is 2. The zero-order chi connectivity index (χ0) is 17.9. The molecule has 0 radical (unpaired) electrons. The van der Waals surface area contributed by atoms with Crippen LogP contribution < -0.4 is 4.74 Å². The van der Waals surface area contributed by atoms with Gasteiger partial charge in [0, 0.05) is 29.4 Å². The number of hydrogen-bond acceptors (Lipinski definition) is 6. The molecule has 3 heterocycles. The zero-order valence-electron chi connectivity index (χ0n) is 13.5. The minimum Gasteiger partial charge on any atom is -0.489 e. The summed E-state index contributed by atoms with van der Waals surface area (Å²) in [5.41, 5.74) is 0.859. The lowest BCUT2D eigenvalue weighted by Gasteiger charge is -2.09. The maximum atomic E-state index is 12.2. The van der Waals surface area contributed by atoms with Gasteiger partial charge in [0.2, 0.25) is 0 Å². The average molecular weight is 385 g/mol. The number of hydrogen-bond donors (Lipinski definition) is 0. The van der Waals surface area contributed by atoms with Crippen molar-refractivity contribution >= 4 is 49.9 Å². The molecular weight excluding hydrogens is 372 g/mol. The molecule has 0 aliphatic heterocycles. The van der Waals surface area contributed by atoms with E-state index >= 15 is 0 Å². The molecule has 1 aromatic carbocycles. The number of esters is 1. The average Bonchev–Trinajstić information content (AvgIpc) is 3.11. The first-order valence-electron chi connectivity index (χ1n) is 7.89. The molecule has 0 saturated carbocycles. The fourth-order valence-electron chi connectivity index (χ4n) is 2.58. The summed E-state index contributed by atoms with van der Waals surface area (Å²) in [5, 5.41) is 2.25. The highest BCUT2D eigenvalue weighted by atomic mass is 35.5. The Kier molecular flexibility index (Phi) is 4.69. The van der Waals surface area contributed by atoms with E-state index in [9.17, 15) is 4.79 Å². The van der Waals surface area contributed by atoms with Crippen molar-refractivity contribution in [3.05, 3.63) is 64.9 Å². The van der Waals surface area contributed by atoms with Crippen molar-refractivity contribution in [1.82, 2.24) is 9.97 Å². The van der Waals surface area contributed by atoms with E-state index in [1.807, 2.05) is 24.3 Å². The summed E-state index contributed by atoms with van der Waals surface area (Å²) in [6.45, 7) is 0.405. The summed E-state index contributed by atoms with van der Waals surface area (Å²) in [6.07, 6.45) is 4.93. The van der Waals surface area contributed by atoms with Crippen LogP contribution in [-0.4, -0.2) is 29.2 Å². The standard InChI is InChI=1S/C19H13ClN2O3S/c20-14-10-21-11-18-13(14)9-17(26-18)19(23)25-8-7-24-16-5-6-22-15-4-2-1-3-12(15)16/h1-6,9-11H,7-8H2. The lowest BCUT2D eigenvalue weighted by Crippen LogP contribution is -2.11. The van der Waals surface area contributed by atoms with Crippen molar-refractivity contribution in [2.24, 2.45) is 0 Å². The number of rotatable bonds is 5. The second-order valence-electron chi connectivity index (χ2n) is 5.45. The van der Waals surface area contributed by atoms with Gasteiger partial charge < -0.3 is 9.47 Å². The molecule has 4 aromatic rings. The van der Waals surface area contributed by atoms with Gasteiger partial charge in [0.1, 0.15) is 23.8 Å². The van der Waals surface area contributed by atoms with Crippen molar-refractivity contribution in [1.29, 1.82) is 0 Å². The van der Waals surface area contributed by atoms with Gasteiger partial charge in [0.05, 0.1) is 15.2 Å². The molecule has 0 spiro atoms. The maximum Gasteiger partial charge on any atom is 0.348 e. The number of carbonyl (C=O) groups is 1. The highest BCUT2D eigenvalue weighted by Crippen LogP contribution is 2.30. The molecule has 3 aromatic heterocycles. The monoisotopic (exact) mass is 384 g/mol. The Hall–Kier alpha value is -2.70. The van der Waals surface area contributed by atoms with E-state index < -0.39 is 5.97 Å². The van der Waals surface area contributed by atoms with Gasteiger partial charge in [0.25, 0.3) is 0 Å². The van der Waals surface area contributed by atoms with Crippen molar-refractivity contribution < 1.29 is 14.3 Å². The van der Waals surface area contributed by atoms with Crippen LogP contribution in [0.15, 0.2) is 55.0 Å². The minimum absolute atomic E-state index is 0.149. The third-order valence-corrected chi connectivity index (χ3v) is 5.13. The lowest BCUT2D eigenvalue weighted by molar-refractivity contribution is 0.0457. The summed E-state index contributed by atoms with van der Waals surface area (Å²) in [7, 11) is 0. The van der Waals surface area contributed by atoms with E-state index in [1.165, 1.54) is 11.3 Å². The Morgan fingerprint density at radius 1 is 1.12 bits per heavy atom. The number of para-hydroxylation sites is 1. The third kappa shape index (κ3) is 3.34. The first-order chi connectivity index (χ1) is 12.7. The summed E-state index contributed by atoms with van der Waals surface area (Å²) in [5.74, 6) is 0.317. The molecule has 0 fully saturated rings. The molecule has 0 bridgehead atoms. The SMILES string of the molecule is O=C(OCCOc1ccnc2ccccc12)c1cc2c(Cl)cncc2s1. The van der Waals surface area contributed by atoms with Gasteiger partial charge in [-0.3, -0.25) is 9.97 Å². The van der Waals surface area contributed by atoms with Crippen LogP contribution in [0, 0.1) is 0 Å². The van der Waals surface area contributed by atoms with Crippen molar-refractivity contribution in [3.63, 3.8) is 0 Å². The van der Waals surface area contributed by atoms with Gasteiger partial charge in [-0.05, 0) is 24.3 Å². The summed E-state index contributed by atoms with van der Waals surface area (Å²) in [6, 6.07) is 11.2. The second kappa shape index (κ2) is 7.27. The molecule has 0 unspecified atom stereocenters. The van der Waals surface area contributed by atoms with E-state index in [0.29, 0.717) is 15.6 Å². The number of nitrogens with zero attached hydrogens (tertiary/aromatic N) is 2. The number of carbonyl (C=O) groups excluding carboxylic acids is 1. The number of benzene rings is 1. The zero-order valence-corrected chi connectivity index (χ0v) is 15.1. The summed E-state index contributed by atoms with van der Waals surface area (Å²) >= 11 is 7.39. The van der Waals surface area contributed by atoms with Crippen LogP contribution >= 0.6 is 22.9 Å². The largest absolute Gasteiger partial charge is 0.489 e. The Balaban J connectivity index is 1.38. The van der Waals surface area contributed by atoms with Crippen LogP contribution in [0.3, 0.4) is 0 Å². The lowest BCUT2D eigenvalue weighted by atomic mass is 10.2. The Labute approximate surface area is 158 Å². The first kappa shape index (κ1) is 16.8. The van der Waals surface area contributed by atoms with E-state index in [1.54, 1.807) is 30.7 Å². The predicted octanol–water partition coefficient (Wildman–Crippen LogP) is 4.73. The van der Waals surface area contributed by atoms with Gasteiger partial charge in [-0.1, -0.05) is 23.7 Å². The number of pyridine rings is 2. The summed E-state index contributed by atoms with van der Waals surface area (Å²) in [4.78, 5) is 21.0. The van der Waals surface area contributed by atoms with Crippen LogP contribution in [0.1, 0.15) is 9.67 Å². The third-order valence-electron chi connectivity index (χ3n) is 3.78. The fraction of sp³-hybridized carbons (Fsp3) is 0.105. The molecule has 26 heavy (non-hydrogen) atoms. The van der Waals surface area contributed by atoms with Gasteiger partial charge in [-0.15, -0.1) is 11.3 Å². The van der Waals surface area contributed by atoms with Crippen LogP contribution in [0.2, 0.25) is 5.02 Å². The van der Waals surface area contributed by atoms with Gasteiger partial charge in [0.15, 0.2) is 0 Å². The maximum absolute atomic E-state index is 12.2. The van der Waals surface area contributed by atoms with Gasteiger partial charge in [-0.2, -0.15) is 0 Å². The van der Waals surface area contributed by atoms with E-state index in [4.69, 9.17) is 21.1 Å². The molecule has 0 saturated heterocycles. The van der Waals surface area contributed by atoms with Crippen LogP contribution in [-0.2, 0) is 4.74 Å². The van der Waals surface area contributed by atoms with Gasteiger partial charge >= 0.3 is 5.97 Å². The molecule has 0 N–H and O–H groups in total. The second-order valence-corrected chi connectivity index (χ2v) is 6.95. The minimum atomic E-state index is -0.398. The van der Waals surface area contributed by atoms with Crippen molar-refractivity contribution in [2.75, 3.05) is 13.2 Å². The normalized spacial score (nSPS) is 11.0. The van der Waals surface area contributed by atoms with Crippen molar-refractivity contribution in [2.45, 2.75) is 0 Å². The quantitative estimate of drug-likeness (QED) is 0.367. The molecule has 0 amide bonds. The molecule has 0 aliphatic carbocycles. The van der Waals surface area contributed by atoms with Crippen LogP contribution in [0.25, 0.3) is 21.0 Å². The van der Waals surface area contributed by atoms with Crippen LogP contribution in [0.5, 0.6) is 5.75 Å². The fourth-order valence-corrected chi connectivity index (χ4v) is 3.80. The smallest absolute Gasteiger partial charge is 0.348 e. The van der Waals surface area contributed by atoms with Gasteiger partial charge in [-0.25, -0.2) is 4.79 Å². The van der Waals surface area contributed by atoms with Crippen molar-refractivity contribution in [3.8, 4) is 5.75 Å². The highest BCUT2D eigenvalue weighted by molar-refractivity contribution is 7.20. The predicted molar refractivity (Wildman–Crippen MR) is 102 cm³/mol. The highest BCUT2D eigenvalue weighted by Gasteiger charge is 2.13. The number of halogens is 1. The molecule has 130 valence electrons. The molecule has 5 nitrogen and oxygen atoms in total. The number of thiophene rings is 1. The van der Waals surface area contributed by atoms with E-state index in [0.717, 1.165) is 21.0 Å². The van der Waals surface area contributed by atoms with E-state index in [-0.39, 0.29) is 13.2 Å². The topological polar surface area (TPSA) is 61.3 Å². The molecule has 4 rings (SSSR count).